The number of nitrogens with one attached hydrogen (secondary N) is 1. The highest BCUT2D eigenvalue weighted by molar-refractivity contribution is 5.95. The molecule has 1 spiro atoms. The molecular weight excluding hydrogens is 530 g/mol. The molecule has 1 aromatic carbocycles. The molecule has 0 bridgehead atoms. The molecule has 4 aliphatic rings. The van der Waals surface area contributed by atoms with E-state index in [2.05, 4.69) is 24.3 Å². The lowest BCUT2D eigenvalue weighted by atomic mass is 9.71. The number of carbonyl (C=O) groups is 3. The lowest BCUT2D eigenvalue weighted by Gasteiger charge is -2.50. The Morgan fingerprint density at radius 1 is 1.00 bits per heavy atom. The van der Waals surface area contributed by atoms with Crippen molar-refractivity contribution in [2.45, 2.75) is 58.9 Å². The van der Waals surface area contributed by atoms with Gasteiger partial charge in [-0.2, -0.15) is 5.10 Å². The summed E-state index contributed by atoms with van der Waals surface area (Å²) in [6.45, 7) is 8.40. The molecule has 9 nitrogen and oxygen atoms in total. The zero-order valence-electron chi connectivity index (χ0n) is 25.1. The third-order valence-corrected chi connectivity index (χ3v) is 10.1. The maximum atomic E-state index is 13.6. The summed E-state index contributed by atoms with van der Waals surface area (Å²) < 4.78 is 7.67. The normalized spacial score (nSPS) is 24.4. The number of carbonyl (C=O) groups excluding carboxylic acids is 3. The fraction of sp³-hybridized carbons (Fsp3) is 0.636. The van der Waals surface area contributed by atoms with Crippen LogP contribution >= 0.6 is 0 Å². The second-order valence-corrected chi connectivity index (χ2v) is 13.8. The van der Waals surface area contributed by atoms with Gasteiger partial charge in [0, 0.05) is 56.9 Å². The van der Waals surface area contributed by atoms with Gasteiger partial charge in [0.2, 0.25) is 11.8 Å². The second-order valence-electron chi connectivity index (χ2n) is 13.8. The number of likely N-dealkylation sites (tertiary alicyclic amines) is 2. The van der Waals surface area contributed by atoms with Gasteiger partial charge in [-0.1, -0.05) is 63.4 Å². The summed E-state index contributed by atoms with van der Waals surface area (Å²) in [5, 5.41) is 7.51. The fourth-order valence-electron chi connectivity index (χ4n) is 7.27. The van der Waals surface area contributed by atoms with Crippen LogP contribution in [0, 0.1) is 28.6 Å². The summed E-state index contributed by atoms with van der Waals surface area (Å²) in [4.78, 5) is 43.9. The van der Waals surface area contributed by atoms with Gasteiger partial charge in [0.05, 0.1) is 30.8 Å². The van der Waals surface area contributed by atoms with E-state index < -0.39 is 5.41 Å². The summed E-state index contributed by atoms with van der Waals surface area (Å²) in [5.74, 6) is 0.360. The summed E-state index contributed by atoms with van der Waals surface area (Å²) in [5.41, 5.74) is 1.27. The summed E-state index contributed by atoms with van der Waals surface area (Å²) in [6, 6.07) is 10.0. The minimum Gasteiger partial charge on any atom is -0.379 e. The van der Waals surface area contributed by atoms with Gasteiger partial charge >= 0.3 is 0 Å². The number of ether oxygens (including phenoxy) is 1. The van der Waals surface area contributed by atoms with E-state index in [1.54, 1.807) is 22.0 Å². The lowest BCUT2D eigenvalue weighted by molar-refractivity contribution is -0.151. The van der Waals surface area contributed by atoms with E-state index in [0.29, 0.717) is 57.4 Å². The van der Waals surface area contributed by atoms with Crippen molar-refractivity contribution >= 4 is 17.7 Å². The molecular formula is C33H45N5O4. The molecule has 1 N–H and O–H groups in total. The standard InChI is InChI=1S/C33H45N5O4/c1-32(2)15-27(32)31(41)37-22-33(23-37)21-36(30(40)26-16-35-38(18-26)17-24-9-5-3-6-10-24)19-28(33)29(39)34-13-14-42-20-25-11-7-4-8-12-25/h3,5-6,9-10,16,18,25,27-28H,4,7-8,11-15,17,19-23H2,1-2H3,(H,34,39)/t27-,28+/m1/s1. The van der Waals surface area contributed by atoms with Crippen molar-refractivity contribution in [3.05, 3.63) is 53.9 Å². The van der Waals surface area contributed by atoms with Crippen LogP contribution in [-0.4, -0.2) is 83.2 Å². The van der Waals surface area contributed by atoms with Crippen molar-refractivity contribution in [2.24, 2.45) is 28.6 Å². The van der Waals surface area contributed by atoms with Crippen LogP contribution in [0.5, 0.6) is 0 Å². The van der Waals surface area contributed by atoms with Gasteiger partial charge < -0.3 is 19.9 Å². The minimum absolute atomic E-state index is 0.0508. The highest BCUT2D eigenvalue weighted by atomic mass is 16.5. The monoisotopic (exact) mass is 575 g/mol. The number of aromatic nitrogens is 2. The average molecular weight is 576 g/mol. The van der Waals surface area contributed by atoms with Crippen molar-refractivity contribution in [1.29, 1.82) is 0 Å². The molecule has 42 heavy (non-hydrogen) atoms. The Labute approximate surface area is 248 Å². The minimum atomic E-state index is -0.419. The molecule has 4 fully saturated rings. The molecule has 2 aliphatic carbocycles. The molecule has 2 saturated heterocycles. The van der Waals surface area contributed by atoms with Crippen molar-refractivity contribution in [2.75, 3.05) is 45.9 Å². The molecule has 1 aromatic heterocycles. The second kappa shape index (κ2) is 11.8. The lowest BCUT2D eigenvalue weighted by Crippen LogP contribution is -2.64. The number of amides is 3. The van der Waals surface area contributed by atoms with Crippen molar-refractivity contribution in [3.63, 3.8) is 0 Å². The van der Waals surface area contributed by atoms with E-state index in [0.717, 1.165) is 18.6 Å². The SMILES string of the molecule is CC1(C)C[C@@H]1C(=O)N1CC2(CN(C(=O)c3cnn(Cc4ccccc4)c3)C[C@H]2C(=O)NCCOCC2CCCCC2)C1. The van der Waals surface area contributed by atoms with Gasteiger partial charge in [-0.15, -0.1) is 0 Å². The quantitative estimate of drug-likeness (QED) is 0.437. The number of benzene rings is 1. The van der Waals surface area contributed by atoms with E-state index in [9.17, 15) is 14.4 Å². The van der Waals surface area contributed by atoms with Crippen LogP contribution in [0.1, 0.15) is 68.3 Å². The first-order valence-corrected chi connectivity index (χ1v) is 15.7. The zero-order valence-corrected chi connectivity index (χ0v) is 25.1. The van der Waals surface area contributed by atoms with Gasteiger partial charge in [0.1, 0.15) is 0 Å². The van der Waals surface area contributed by atoms with Crippen LogP contribution in [0.15, 0.2) is 42.7 Å². The van der Waals surface area contributed by atoms with Crippen LogP contribution in [0.4, 0.5) is 0 Å². The third kappa shape index (κ3) is 6.12. The first kappa shape index (κ1) is 28.9. The topological polar surface area (TPSA) is 96.8 Å². The van der Waals surface area contributed by atoms with Crippen LogP contribution in [-0.2, 0) is 20.9 Å². The van der Waals surface area contributed by atoms with Crippen molar-refractivity contribution in [1.82, 2.24) is 24.9 Å². The Morgan fingerprint density at radius 3 is 2.43 bits per heavy atom. The highest BCUT2D eigenvalue weighted by Gasteiger charge is 2.61. The molecule has 2 atom stereocenters. The molecule has 2 saturated carbocycles. The van der Waals surface area contributed by atoms with Gasteiger partial charge in [-0.25, -0.2) is 0 Å². The zero-order chi connectivity index (χ0) is 29.3. The van der Waals surface area contributed by atoms with E-state index in [-0.39, 0.29) is 35.0 Å². The first-order chi connectivity index (χ1) is 20.2. The molecule has 6 rings (SSSR count). The largest absolute Gasteiger partial charge is 0.379 e. The van der Waals surface area contributed by atoms with Crippen molar-refractivity contribution in [3.8, 4) is 0 Å². The summed E-state index contributed by atoms with van der Waals surface area (Å²) in [6.07, 6.45) is 10.7. The Hall–Kier alpha value is -3.20. The molecule has 3 amide bonds. The third-order valence-electron chi connectivity index (χ3n) is 10.1. The highest BCUT2D eigenvalue weighted by Crippen LogP contribution is 2.54. The maximum absolute atomic E-state index is 13.6. The van der Waals surface area contributed by atoms with Crippen molar-refractivity contribution < 1.29 is 19.1 Å². The number of hydrogen-bond donors (Lipinski definition) is 1. The molecule has 2 aromatic rings. The maximum Gasteiger partial charge on any atom is 0.257 e. The van der Waals surface area contributed by atoms with Crippen LogP contribution in [0.3, 0.4) is 0 Å². The van der Waals surface area contributed by atoms with Crippen LogP contribution in [0.2, 0.25) is 0 Å². The van der Waals surface area contributed by atoms with Gasteiger partial charge in [-0.05, 0) is 36.2 Å². The van der Waals surface area contributed by atoms with Gasteiger partial charge in [0.15, 0.2) is 0 Å². The average Bonchev–Trinajstić information content (AvgIpc) is 3.30. The Morgan fingerprint density at radius 2 is 1.71 bits per heavy atom. The number of rotatable bonds is 10. The van der Waals surface area contributed by atoms with E-state index in [1.165, 1.54) is 32.1 Å². The van der Waals surface area contributed by atoms with Gasteiger partial charge in [0.25, 0.3) is 5.91 Å². The summed E-state index contributed by atoms with van der Waals surface area (Å²) in [7, 11) is 0. The van der Waals surface area contributed by atoms with E-state index in [4.69, 9.17) is 4.74 Å². The predicted octanol–water partition coefficient (Wildman–Crippen LogP) is 3.59. The summed E-state index contributed by atoms with van der Waals surface area (Å²) >= 11 is 0. The van der Waals surface area contributed by atoms with Gasteiger partial charge in [-0.3, -0.25) is 19.1 Å². The molecule has 9 heteroatoms. The fourth-order valence-corrected chi connectivity index (χ4v) is 7.27. The molecule has 0 unspecified atom stereocenters. The van der Waals surface area contributed by atoms with E-state index in [1.807, 2.05) is 35.2 Å². The Kier molecular flexibility index (Phi) is 8.13. The molecule has 3 heterocycles. The number of hydrogen-bond acceptors (Lipinski definition) is 5. The smallest absolute Gasteiger partial charge is 0.257 e. The number of nitrogens with zero attached hydrogens (tertiary/aromatic N) is 4. The van der Waals surface area contributed by atoms with Crippen LogP contribution < -0.4 is 5.32 Å². The first-order valence-electron chi connectivity index (χ1n) is 15.7. The molecule has 0 radical (unpaired) electrons. The molecule has 226 valence electrons. The Balaban J connectivity index is 1.08. The Bertz CT molecular complexity index is 1280. The predicted molar refractivity (Wildman–Crippen MR) is 158 cm³/mol. The van der Waals surface area contributed by atoms with E-state index >= 15 is 0 Å². The van der Waals surface area contributed by atoms with Crippen LogP contribution in [0.25, 0.3) is 0 Å². The molecule has 2 aliphatic heterocycles.